The summed E-state index contributed by atoms with van der Waals surface area (Å²) in [6, 6.07) is 13.6. The molecule has 0 saturated heterocycles. The summed E-state index contributed by atoms with van der Waals surface area (Å²) in [6.07, 6.45) is 4.77. The lowest BCUT2D eigenvalue weighted by Crippen LogP contribution is -2.03. The fraction of sp³-hybridized carbons (Fsp3) is 0.222. The molecule has 3 aromatic carbocycles. The van der Waals surface area contributed by atoms with E-state index in [9.17, 15) is 10.1 Å². The van der Waals surface area contributed by atoms with Gasteiger partial charge in [0.2, 0.25) is 0 Å². The fourth-order valence-electron chi connectivity index (χ4n) is 3.57. The van der Waals surface area contributed by atoms with Gasteiger partial charge in [-0.25, -0.2) is 0 Å². The molecule has 3 nitrogen and oxygen atoms in total. The molecular formula is C18H15NO2. The molecule has 0 N–H and O–H groups in total. The predicted octanol–water partition coefficient (Wildman–Crippen LogP) is 4.78. The van der Waals surface area contributed by atoms with Gasteiger partial charge in [-0.3, -0.25) is 10.1 Å². The standard InChI is InChI=1S/C18H15NO2/c20-19(21)18-7-3-6-14-16-9-8-12-4-1-2-5-13(12)15(16)10-11-17(14)18/h3,6-11H,1-2,4-5H2. The minimum absolute atomic E-state index is 0.187. The number of nitro benzene ring substituents is 1. The molecular weight excluding hydrogens is 262 g/mol. The first-order chi connectivity index (χ1) is 10.3. The van der Waals surface area contributed by atoms with Gasteiger partial charge < -0.3 is 0 Å². The van der Waals surface area contributed by atoms with E-state index in [2.05, 4.69) is 18.2 Å². The van der Waals surface area contributed by atoms with Crippen molar-refractivity contribution in [3.63, 3.8) is 0 Å². The first-order valence-corrected chi connectivity index (χ1v) is 7.36. The molecule has 0 unspecified atom stereocenters. The second kappa shape index (κ2) is 4.55. The third-order valence-corrected chi connectivity index (χ3v) is 4.56. The molecule has 4 rings (SSSR count). The Hall–Kier alpha value is -2.42. The number of hydrogen-bond acceptors (Lipinski definition) is 2. The Morgan fingerprint density at radius 2 is 1.52 bits per heavy atom. The topological polar surface area (TPSA) is 43.1 Å². The minimum atomic E-state index is -0.299. The zero-order valence-electron chi connectivity index (χ0n) is 11.6. The van der Waals surface area contributed by atoms with Crippen LogP contribution in [-0.4, -0.2) is 4.92 Å². The third kappa shape index (κ3) is 1.81. The van der Waals surface area contributed by atoms with Crippen LogP contribution in [0.3, 0.4) is 0 Å². The molecule has 0 heterocycles. The highest BCUT2D eigenvalue weighted by Crippen LogP contribution is 2.35. The monoisotopic (exact) mass is 277 g/mol. The molecule has 0 bridgehead atoms. The Bertz CT molecular complexity index is 883. The van der Waals surface area contributed by atoms with Crippen molar-refractivity contribution in [1.29, 1.82) is 0 Å². The molecule has 0 fully saturated rings. The highest BCUT2D eigenvalue weighted by atomic mass is 16.6. The average Bonchev–Trinajstić information content (AvgIpc) is 2.53. The molecule has 0 atom stereocenters. The number of rotatable bonds is 1. The number of aryl methyl sites for hydroxylation is 2. The van der Waals surface area contributed by atoms with Gasteiger partial charge in [-0.2, -0.15) is 0 Å². The van der Waals surface area contributed by atoms with Gasteiger partial charge in [-0.05, 0) is 59.0 Å². The molecule has 3 heteroatoms. The smallest absolute Gasteiger partial charge is 0.258 e. The summed E-state index contributed by atoms with van der Waals surface area (Å²) in [5, 5.41) is 15.3. The maximum atomic E-state index is 11.2. The second-order valence-electron chi connectivity index (χ2n) is 5.70. The van der Waals surface area contributed by atoms with Gasteiger partial charge in [0.05, 0.1) is 10.3 Å². The van der Waals surface area contributed by atoms with Crippen molar-refractivity contribution in [3.05, 3.63) is 63.7 Å². The van der Waals surface area contributed by atoms with Crippen molar-refractivity contribution in [3.8, 4) is 0 Å². The summed E-state index contributed by atoms with van der Waals surface area (Å²) in [5.41, 5.74) is 3.07. The normalized spacial score (nSPS) is 14.3. The molecule has 1 aliphatic rings. The van der Waals surface area contributed by atoms with E-state index in [1.54, 1.807) is 12.1 Å². The Morgan fingerprint density at radius 1 is 0.810 bits per heavy atom. The Kier molecular flexibility index (Phi) is 2.67. The maximum absolute atomic E-state index is 11.2. The van der Waals surface area contributed by atoms with Crippen LogP contribution in [0.4, 0.5) is 5.69 Å². The van der Waals surface area contributed by atoms with Crippen LogP contribution in [0.25, 0.3) is 21.5 Å². The number of benzene rings is 3. The fourth-order valence-corrected chi connectivity index (χ4v) is 3.57. The molecule has 0 saturated carbocycles. The maximum Gasteiger partial charge on any atom is 0.277 e. The third-order valence-electron chi connectivity index (χ3n) is 4.56. The highest BCUT2D eigenvalue weighted by Gasteiger charge is 2.16. The van der Waals surface area contributed by atoms with E-state index in [4.69, 9.17) is 0 Å². The van der Waals surface area contributed by atoms with E-state index in [1.807, 2.05) is 12.1 Å². The summed E-state index contributed by atoms with van der Waals surface area (Å²) in [6.45, 7) is 0. The molecule has 0 aromatic heterocycles. The first kappa shape index (κ1) is 12.3. The van der Waals surface area contributed by atoms with Crippen molar-refractivity contribution in [2.45, 2.75) is 25.7 Å². The summed E-state index contributed by atoms with van der Waals surface area (Å²) >= 11 is 0. The molecule has 0 aliphatic heterocycles. The molecule has 3 aromatic rings. The number of nitrogens with zero attached hydrogens (tertiary/aromatic N) is 1. The number of fused-ring (bicyclic) bond motifs is 5. The van der Waals surface area contributed by atoms with E-state index in [-0.39, 0.29) is 10.6 Å². The molecule has 1 aliphatic carbocycles. The van der Waals surface area contributed by atoms with Gasteiger partial charge >= 0.3 is 0 Å². The summed E-state index contributed by atoms with van der Waals surface area (Å²) in [4.78, 5) is 10.9. The number of non-ortho nitro benzene ring substituents is 1. The molecule has 104 valence electrons. The van der Waals surface area contributed by atoms with Crippen LogP contribution in [-0.2, 0) is 12.8 Å². The number of nitro groups is 1. The van der Waals surface area contributed by atoms with Crippen LogP contribution >= 0.6 is 0 Å². The van der Waals surface area contributed by atoms with Crippen molar-refractivity contribution in [1.82, 2.24) is 0 Å². The van der Waals surface area contributed by atoms with Crippen LogP contribution in [0, 0.1) is 10.1 Å². The Morgan fingerprint density at radius 3 is 2.38 bits per heavy atom. The van der Waals surface area contributed by atoms with Gasteiger partial charge in [0.15, 0.2) is 0 Å². The zero-order valence-corrected chi connectivity index (χ0v) is 11.6. The van der Waals surface area contributed by atoms with E-state index in [0.29, 0.717) is 0 Å². The largest absolute Gasteiger partial charge is 0.277 e. The van der Waals surface area contributed by atoms with E-state index in [1.165, 1.54) is 29.4 Å². The summed E-state index contributed by atoms with van der Waals surface area (Å²) < 4.78 is 0. The lowest BCUT2D eigenvalue weighted by molar-refractivity contribution is -0.383. The average molecular weight is 277 g/mol. The van der Waals surface area contributed by atoms with Crippen LogP contribution in [0.1, 0.15) is 24.0 Å². The predicted molar refractivity (Wildman–Crippen MR) is 84.8 cm³/mol. The number of hydrogen-bond donors (Lipinski definition) is 0. The lowest BCUT2D eigenvalue weighted by atomic mass is 9.86. The summed E-state index contributed by atoms with van der Waals surface area (Å²) in [5.74, 6) is 0. The second-order valence-corrected chi connectivity index (χ2v) is 5.70. The summed E-state index contributed by atoms with van der Waals surface area (Å²) in [7, 11) is 0. The Balaban J connectivity index is 2.11. The van der Waals surface area contributed by atoms with Crippen molar-refractivity contribution in [2.24, 2.45) is 0 Å². The van der Waals surface area contributed by atoms with Crippen LogP contribution < -0.4 is 0 Å². The van der Waals surface area contributed by atoms with Crippen molar-refractivity contribution in [2.75, 3.05) is 0 Å². The zero-order chi connectivity index (χ0) is 14.4. The van der Waals surface area contributed by atoms with Gasteiger partial charge in [0, 0.05) is 6.07 Å². The molecule has 0 amide bonds. The highest BCUT2D eigenvalue weighted by molar-refractivity contribution is 6.11. The van der Waals surface area contributed by atoms with E-state index >= 15 is 0 Å². The van der Waals surface area contributed by atoms with Crippen molar-refractivity contribution < 1.29 is 4.92 Å². The van der Waals surface area contributed by atoms with Crippen molar-refractivity contribution >= 4 is 27.2 Å². The van der Waals surface area contributed by atoms with Gasteiger partial charge in [-0.1, -0.05) is 30.3 Å². The SMILES string of the molecule is O=[N+]([O-])c1cccc2c1ccc1c3c(ccc12)CCCC3. The van der Waals surface area contributed by atoms with E-state index in [0.717, 1.165) is 29.0 Å². The molecule has 21 heavy (non-hydrogen) atoms. The molecule has 0 radical (unpaired) electrons. The quantitative estimate of drug-likeness (QED) is 0.365. The van der Waals surface area contributed by atoms with Crippen LogP contribution in [0.2, 0.25) is 0 Å². The van der Waals surface area contributed by atoms with Gasteiger partial charge in [-0.15, -0.1) is 0 Å². The van der Waals surface area contributed by atoms with Gasteiger partial charge in [0.25, 0.3) is 5.69 Å². The lowest BCUT2D eigenvalue weighted by Gasteiger charge is -2.18. The van der Waals surface area contributed by atoms with E-state index < -0.39 is 0 Å². The minimum Gasteiger partial charge on any atom is -0.258 e. The van der Waals surface area contributed by atoms with Crippen LogP contribution in [0.5, 0.6) is 0 Å². The Labute approximate surface area is 122 Å². The van der Waals surface area contributed by atoms with Gasteiger partial charge in [0.1, 0.15) is 0 Å². The molecule has 0 spiro atoms. The van der Waals surface area contributed by atoms with Crippen LogP contribution in [0.15, 0.2) is 42.5 Å². The first-order valence-electron chi connectivity index (χ1n) is 7.36.